The van der Waals surface area contributed by atoms with Gasteiger partial charge in [0.2, 0.25) is 5.95 Å². The van der Waals surface area contributed by atoms with Crippen LogP contribution in [0.15, 0.2) is 48.7 Å². The average Bonchev–Trinajstić information content (AvgIpc) is 3.45. The lowest BCUT2D eigenvalue weighted by atomic mass is 10.1. The van der Waals surface area contributed by atoms with Gasteiger partial charge in [-0.05, 0) is 25.8 Å². The lowest BCUT2D eigenvalue weighted by Gasteiger charge is -2.41. The largest absolute Gasteiger partial charge is 0.395 e. The Bertz CT molecular complexity index is 1300. The van der Waals surface area contributed by atoms with Gasteiger partial charge in [0.25, 0.3) is 5.91 Å². The van der Waals surface area contributed by atoms with Crippen molar-refractivity contribution in [2.24, 2.45) is 0 Å². The van der Waals surface area contributed by atoms with Crippen molar-refractivity contribution >= 4 is 35.1 Å². The highest BCUT2D eigenvalue weighted by Gasteiger charge is 2.30. The number of amides is 1. The number of pyridine rings is 1. The zero-order valence-electron chi connectivity index (χ0n) is 22.0. The number of nitrogens with one attached hydrogen (secondary N) is 1. The van der Waals surface area contributed by atoms with Gasteiger partial charge in [-0.25, -0.2) is 9.97 Å². The van der Waals surface area contributed by atoms with E-state index < -0.39 is 0 Å². The van der Waals surface area contributed by atoms with Gasteiger partial charge in [0.05, 0.1) is 35.5 Å². The number of carbonyl (C=O) groups is 1. The maximum atomic E-state index is 12.2. The number of rotatable bonds is 8. The van der Waals surface area contributed by atoms with Crippen LogP contribution in [0.1, 0.15) is 30.1 Å². The minimum atomic E-state index is -0.321. The Kier molecular flexibility index (Phi) is 8.44. The SMILES string of the molecule is C[C@@H]1CN(c2ncc(C(=O)NCCO)cc2Cl)CCN1c1cc(-c2ccccc2)nc(N2CCC[C@H]2CO)n1. The third kappa shape index (κ3) is 5.93. The second kappa shape index (κ2) is 12.1. The molecule has 0 unspecified atom stereocenters. The molecule has 0 saturated carbocycles. The minimum Gasteiger partial charge on any atom is -0.395 e. The number of nitrogens with zero attached hydrogens (tertiary/aromatic N) is 6. The number of hydrogen-bond acceptors (Lipinski definition) is 9. The number of benzene rings is 1. The van der Waals surface area contributed by atoms with Gasteiger partial charge in [-0.2, -0.15) is 4.98 Å². The molecule has 1 amide bonds. The lowest BCUT2D eigenvalue weighted by molar-refractivity contribution is 0.0944. The Hall–Kier alpha value is -3.47. The standard InChI is InChI=1S/C28H34ClN7O3/c1-19-17-34(26-23(29)14-21(16-31-26)27(39)30-9-13-37)11-12-35(19)25-15-24(20-6-3-2-4-7-20)32-28(33-25)36-10-5-8-22(36)18-38/h2-4,6-7,14-16,19,22,37-38H,5,8-13,17-18H2,1H3,(H,30,39)/t19-,22+/m1/s1. The predicted molar refractivity (Wildman–Crippen MR) is 153 cm³/mol. The Morgan fingerprint density at radius 1 is 1.10 bits per heavy atom. The van der Waals surface area contributed by atoms with Crippen LogP contribution in [-0.4, -0.2) is 89.1 Å². The first-order chi connectivity index (χ1) is 19.0. The maximum Gasteiger partial charge on any atom is 0.252 e. The van der Waals surface area contributed by atoms with Gasteiger partial charge < -0.3 is 30.2 Å². The zero-order chi connectivity index (χ0) is 27.4. The second-order valence-corrected chi connectivity index (χ2v) is 10.4. The Morgan fingerprint density at radius 2 is 1.92 bits per heavy atom. The highest BCUT2D eigenvalue weighted by Crippen LogP contribution is 2.32. The van der Waals surface area contributed by atoms with Gasteiger partial charge in [0.15, 0.2) is 0 Å². The van der Waals surface area contributed by atoms with E-state index in [2.05, 4.69) is 31.9 Å². The van der Waals surface area contributed by atoms with Crippen LogP contribution in [0, 0.1) is 0 Å². The van der Waals surface area contributed by atoms with Gasteiger partial charge >= 0.3 is 0 Å². The Morgan fingerprint density at radius 3 is 2.64 bits per heavy atom. The molecule has 39 heavy (non-hydrogen) atoms. The molecule has 206 valence electrons. The van der Waals surface area contributed by atoms with E-state index in [1.165, 1.54) is 6.20 Å². The van der Waals surface area contributed by atoms with Crippen LogP contribution in [0.3, 0.4) is 0 Å². The Balaban J connectivity index is 1.38. The molecule has 0 radical (unpaired) electrons. The molecule has 10 nitrogen and oxygen atoms in total. The molecule has 2 aromatic heterocycles. The van der Waals surface area contributed by atoms with Crippen LogP contribution in [0.25, 0.3) is 11.3 Å². The summed E-state index contributed by atoms with van der Waals surface area (Å²) in [5.41, 5.74) is 2.23. The normalized spacial score (nSPS) is 19.4. The van der Waals surface area contributed by atoms with Crippen LogP contribution in [0.4, 0.5) is 17.6 Å². The van der Waals surface area contributed by atoms with Gasteiger partial charge in [-0.15, -0.1) is 0 Å². The number of aromatic nitrogens is 3. The van der Waals surface area contributed by atoms with Crippen molar-refractivity contribution in [1.29, 1.82) is 0 Å². The molecular formula is C28H34ClN7O3. The van der Waals surface area contributed by atoms with E-state index in [1.807, 2.05) is 36.4 Å². The number of hydrogen-bond donors (Lipinski definition) is 3. The van der Waals surface area contributed by atoms with Gasteiger partial charge in [0, 0.05) is 56.6 Å². The molecule has 2 fully saturated rings. The second-order valence-electron chi connectivity index (χ2n) is 9.95. The summed E-state index contributed by atoms with van der Waals surface area (Å²) >= 11 is 6.56. The van der Waals surface area contributed by atoms with Crippen LogP contribution >= 0.6 is 11.6 Å². The maximum absolute atomic E-state index is 12.2. The lowest BCUT2D eigenvalue weighted by Crippen LogP contribution is -2.53. The smallest absolute Gasteiger partial charge is 0.252 e. The first kappa shape index (κ1) is 27.1. The van der Waals surface area contributed by atoms with E-state index in [4.69, 9.17) is 26.7 Å². The minimum absolute atomic E-state index is 0.0278. The molecule has 3 N–H and O–H groups in total. The summed E-state index contributed by atoms with van der Waals surface area (Å²) in [5, 5.41) is 21.9. The van der Waals surface area contributed by atoms with Crippen LogP contribution < -0.4 is 20.0 Å². The van der Waals surface area contributed by atoms with Gasteiger partial charge in [-0.3, -0.25) is 4.79 Å². The molecule has 2 aliphatic heterocycles. The summed E-state index contributed by atoms with van der Waals surface area (Å²) in [4.78, 5) is 33.1. The van der Waals surface area contributed by atoms with Crippen LogP contribution in [0.2, 0.25) is 5.02 Å². The number of carbonyl (C=O) groups excluding carboxylic acids is 1. The molecule has 4 heterocycles. The van der Waals surface area contributed by atoms with Crippen molar-refractivity contribution in [2.75, 3.05) is 60.6 Å². The highest BCUT2D eigenvalue weighted by atomic mass is 35.5. The predicted octanol–water partition coefficient (Wildman–Crippen LogP) is 2.59. The zero-order valence-corrected chi connectivity index (χ0v) is 22.8. The molecule has 0 spiro atoms. The molecule has 3 aromatic rings. The third-order valence-corrected chi connectivity index (χ3v) is 7.60. The molecular weight excluding hydrogens is 518 g/mol. The van der Waals surface area contributed by atoms with Gasteiger partial charge in [-0.1, -0.05) is 41.9 Å². The van der Waals surface area contributed by atoms with E-state index in [-0.39, 0.29) is 37.7 Å². The first-order valence-corrected chi connectivity index (χ1v) is 13.7. The number of aliphatic hydroxyl groups is 2. The summed E-state index contributed by atoms with van der Waals surface area (Å²) < 4.78 is 0. The van der Waals surface area contributed by atoms with Crippen LogP contribution in [-0.2, 0) is 0 Å². The number of anilines is 3. The summed E-state index contributed by atoms with van der Waals surface area (Å²) in [6.07, 6.45) is 3.45. The molecule has 2 saturated heterocycles. The van der Waals surface area contributed by atoms with Crippen molar-refractivity contribution in [1.82, 2.24) is 20.3 Å². The fourth-order valence-electron chi connectivity index (χ4n) is 5.29. The number of aliphatic hydroxyl groups excluding tert-OH is 2. The summed E-state index contributed by atoms with van der Waals surface area (Å²) in [5.74, 6) is 1.82. The Labute approximate surface area is 233 Å². The summed E-state index contributed by atoms with van der Waals surface area (Å²) in [6.45, 7) is 5.14. The molecule has 2 aliphatic rings. The summed E-state index contributed by atoms with van der Waals surface area (Å²) in [6, 6.07) is 13.9. The van der Waals surface area contributed by atoms with Gasteiger partial charge in [0.1, 0.15) is 11.6 Å². The van der Waals surface area contributed by atoms with Crippen molar-refractivity contribution in [3.8, 4) is 11.3 Å². The van der Waals surface area contributed by atoms with Crippen molar-refractivity contribution in [3.63, 3.8) is 0 Å². The third-order valence-electron chi connectivity index (χ3n) is 7.32. The molecule has 0 bridgehead atoms. The van der Waals surface area contributed by atoms with E-state index in [0.717, 1.165) is 36.5 Å². The molecule has 11 heteroatoms. The van der Waals surface area contributed by atoms with E-state index >= 15 is 0 Å². The fraction of sp³-hybridized carbons (Fsp3) is 0.429. The highest BCUT2D eigenvalue weighted by molar-refractivity contribution is 6.33. The number of piperazine rings is 1. The van der Waals surface area contributed by atoms with Crippen LogP contribution in [0.5, 0.6) is 0 Å². The van der Waals surface area contributed by atoms with E-state index in [0.29, 0.717) is 42.0 Å². The fourth-order valence-corrected chi connectivity index (χ4v) is 5.58. The van der Waals surface area contributed by atoms with E-state index in [9.17, 15) is 9.90 Å². The summed E-state index contributed by atoms with van der Waals surface area (Å²) in [7, 11) is 0. The van der Waals surface area contributed by atoms with E-state index in [1.54, 1.807) is 6.07 Å². The quantitative estimate of drug-likeness (QED) is 0.388. The molecule has 5 rings (SSSR count). The van der Waals surface area contributed by atoms with Crippen molar-refractivity contribution in [3.05, 3.63) is 59.2 Å². The van der Waals surface area contributed by atoms with Crippen molar-refractivity contribution < 1.29 is 15.0 Å². The first-order valence-electron chi connectivity index (χ1n) is 13.4. The molecule has 0 aliphatic carbocycles. The molecule has 2 atom stereocenters. The van der Waals surface area contributed by atoms with Crippen molar-refractivity contribution in [2.45, 2.75) is 31.8 Å². The monoisotopic (exact) mass is 551 g/mol. The topological polar surface area (TPSA) is 118 Å². The number of halogens is 1. The average molecular weight is 552 g/mol. The molecule has 1 aromatic carbocycles.